The van der Waals surface area contributed by atoms with Gasteiger partial charge in [-0.15, -0.1) is 0 Å². The number of carbonyl (C=O) groups is 3. The molecule has 6 heteroatoms. The lowest BCUT2D eigenvalue weighted by atomic mass is 9.70. The van der Waals surface area contributed by atoms with Crippen LogP contribution < -0.4 is 4.90 Å². The SMILES string of the molecule is CCCCCCN1C(=O)[C@@]2(c3ccccc31)[C@H](C(=O)c1ccccc1)[C@@H](C(=O)O)[C@@H]1CCCN12. The molecule has 3 aliphatic heterocycles. The highest BCUT2D eigenvalue weighted by molar-refractivity contribution is 6.14. The highest BCUT2D eigenvalue weighted by atomic mass is 16.4. The number of aliphatic carboxylic acids is 1. The minimum atomic E-state index is -1.27. The number of carboxylic acids is 1. The predicted octanol–water partition coefficient (Wildman–Crippen LogP) is 4.49. The van der Waals surface area contributed by atoms with E-state index in [1.807, 2.05) is 35.2 Å². The molecule has 0 bridgehead atoms. The third-order valence-electron chi connectivity index (χ3n) is 8.01. The summed E-state index contributed by atoms with van der Waals surface area (Å²) in [6.07, 6.45) is 5.65. The Balaban J connectivity index is 1.67. The van der Waals surface area contributed by atoms with Crippen LogP contribution >= 0.6 is 0 Å². The number of unbranched alkanes of at least 4 members (excludes halogenated alkanes) is 3. The molecule has 0 aliphatic carbocycles. The summed E-state index contributed by atoms with van der Waals surface area (Å²) in [5, 5.41) is 10.4. The number of anilines is 1. The fraction of sp³-hybridized carbons (Fsp3) is 0.464. The molecule has 2 saturated heterocycles. The van der Waals surface area contributed by atoms with Gasteiger partial charge in [-0.1, -0.05) is 74.7 Å². The van der Waals surface area contributed by atoms with Crippen LogP contribution in [0.25, 0.3) is 0 Å². The van der Waals surface area contributed by atoms with Gasteiger partial charge < -0.3 is 10.0 Å². The van der Waals surface area contributed by atoms with Gasteiger partial charge in [0.25, 0.3) is 5.91 Å². The van der Waals surface area contributed by atoms with Gasteiger partial charge >= 0.3 is 5.97 Å². The standard InChI is InChI=1S/C28H32N2O4/c1-2-3-4-10-17-29-21-15-9-8-14-20(21)28(27(29)34)24(25(31)19-12-6-5-7-13-19)23(26(32)33)22-16-11-18-30(22)28/h5-9,12-15,22-24H,2-4,10-11,16-18H2,1H3,(H,32,33)/t22-,23-,24-,28+/m0/s1. The summed E-state index contributed by atoms with van der Waals surface area (Å²) in [5.41, 5.74) is 0.816. The first-order valence-corrected chi connectivity index (χ1v) is 12.5. The zero-order chi connectivity index (χ0) is 23.9. The first-order valence-electron chi connectivity index (χ1n) is 12.5. The van der Waals surface area contributed by atoms with E-state index < -0.39 is 23.3 Å². The lowest BCUT2D eigenvalue weighted by Gasteiger charge is -2.37. The molecule has 1 amide bonds. The minimum absolute atomic E-state index is 0.130. The van der Waals surface area contributed by atoms with Crippen molar-refractivity contribution in [2.75, 3.05) is 18.0 Å². The number of amides is 1. The molecular formula is C28H32N2O4. The summed E-state index contributed by atoms with van der Waals surface area (Å²) in [4.78, 5) is 45.1. The molecule has 2 aromatic rings. The second-order valence-corrected chi connectivity index (χ2v) is 9.78. The van der Waals surface area contributed by atoms with E-state index in [0.717, 1.165) is 43.4 Å². The number of carbonyl (C=O) groups excluding carboxylic acids is 2. The number of ketones is 1. The zero-order valence-corrected chi connectivity index (χ0v) is 19.7. The average Bonchev–Trinajstić information content (AvgIpc) is 3.50. The summed E-state index contributed by atoms with van der Waals surface area (Å²) in [5.74, 6) is -3.26. The predicted molar refractivity (Wildman–Crippen MR) is 130 cm³/mol. The fourth-order valence-corrected chi connectivity index (χ4v) is 6.66. The molecule has 6 nitrogen and oxygen atoms in total. The molecule has 34 heavy (non-hydrogen) atoms. The monoisotopic (exact) mass is 460 g/mol. The van der Waals surface area contributed by atoms with E-state index >= 15 is 0 Å². The molecule has 2 fully saturated rings. The van der Waals surface area contributed by atoms with Crippen molar-refractivity contribution in [3.05, 3.63) is 65.7 Å². The lowest BCUT2D eigenvalue weighted by Crippen LogP contribution is -2.55. The Kier molecular flexibility index (Phi) is 6.02. The molecule has 0 aromatic heterocycles. The highest BCUT2D eigenvalue weighted by Crippen LogP contribution is 2.59. The van der Waals surface area contributed by atoms with Gasteiger partial charge in [0.05, 0.1) is 11.8 Å². The van der Waals surface area contributed by atoms with Gasteiger partial charge in [-0.25, -0.2) is 0 Å². The van der Waals surface area contributed by atoms with Gasteiger partial charge in [0.2, 0.25) is 0 Å². The molecule has 3 heterocycles. The third kappa shape index (κ3) is 3.22. The van der Waals surface area contributed by atoms with Crippen molar-refractivity contribution in [1.29, 1.82) is 0 Å². The summed E-state index contributed by atoms with van der Waals surface area (Å²) >= 11 is 0. The van der Waals surface area contributed by atoms with Crippen LogP contribution in [-0.4, -0.2) is 46.8 Å². The number of Topliss-reactive ketones (excluding diaryl/α,β-unsaturated/α-hetero) is 1. The number of para-hydroxylation sites is 1. The Morgan fingerprint density at radius 1 is 1.03 bits per heavy atom. The molecule has 5 rings (SSSR count). The van der Waals surface area contributed by atoms with E-state index in [1.165, 1.54) is 0 Å². The molecular weight excluding hydrogens is 428 g/mol. The molecule has 178 valence electrons. The second-order valence-electron chi connectivity index (χ2n) is 9.78. The Morgan fingerprint density at radius 2 is 1.76 bits per heavy atom. The first kappa shape index (κ1) is 22.8. The maximum Gasteiger partial charge on any atom is 0.308 e. The van der Waals surface area contributed by atoms with Crippen molar-refractivity contribution in [3.8, 4) is 0 Å². The number of hydrogen-bond donors (Lipinski definition) is 1. The zero-order valence-electron chi connectivity index (χ0n) is 19.7. The van der Waals surface area contributed by atoms with Gasteiger partial charge in [-0.3, -0.25) is 19.3 Å². The highest BCUT2D eigenvalue weighted by Gasteiger charge is 2.71. The molecule has 4 atom stereocenters. The van der Waals surface area contributed by atoms with Crippen molar-refractivity contribution < 1.29 is 19.5 Å². The molecule has 0 radical (unpaired) electrons. The maximum atomic E-state index is 14.4. The van der Waals surface area contributed by atoms with E-state index in [0.29, 0.717) is 25.1 Å². The molecule has 0 saturated carbocycles. The van der Waals surface area contributed by atoms with E-state index in [-0.39, 0.29) is 17.7 Å². The number of benzene rings is 2. The van der Waals surface area contributed by atoms with Crippen molar-refractivity contribution in [2.24, 2.45) is 11.8 Å². The molecule has 0 unspecified atom stereocenters. The first-order chi connectivity index (χ1) is 16.5. The average molecular weight is 461 g/mol. The van der Waals surface area contributed by atoms with Crippen molar-refractivity contribution in [1.82, 2.24) is 4.90 Å². The van der Waals surface area contributed by atoms with E-state index in [9.17, 15) is 19.5 Å². The Labute approximate surface area is 200 Å². The van der Waals surface area contributed by atoms with Crippen molar-refractivity contribution in [2.45, 2.75) is 57.0 Å². The van der Waals surface area contributed by atoms with Crippen LogP contribution in [0.1, 0.15) is 61.4 Å². The number of fused-ring (bicyclic) bond motifs is 4. The topological polar surface area (TPSA) is 77.9 Å². The number of rotatable bonds is 8. The number of nitrogens with zero attached hydrogens (tertiary/aromatic N) is 2. The quantitative estimate of drug-likeness (QED) is 0.464. The normalized spacial score (nSPS) is 27.9. The van der Waals surface area contributed by atoms with Crippen LogP contribution in [-0.2, 0) is 15.1 Å². The van der Waals surface area contributed by atoms with Crippen LogP contribution in [0.4, 0.5) is 5.69 Å². The largest absolute Gasteiger partial charge is 0.481 e. The summed E-state index contributed by atoms with van der Waals surface area (Å²) in [6, 6.07) is 16.2. The van der Waals surface area contributed by atoms with Gasteiger partial charge in [0, 0.05) is 29.4 Å². The van der Waals surface area contributed by atoms with Crippen LogP contribution in [0.5, 0.6) is 0 Å². The second kappa shape index (κ2) is 8.99. The molecule has 1 spiro atoms. The van der Waals surface area contributed by atoms with E-state index in [2.05, 4.69) is 11.8 Å². The number of carboxylic acid groups (broad SMARTS) is 1. The Hall–Kier alpha value is -2.99. The Bertz CT molecular complexity index is 1100. The minimum Gasteiger partial charge on any atom is -0.481 e. The number of hydrogen-bond acceptors (Lipinski definition) is 4. The van der Waals surface area contributed by atoms with Crippen LogP contribution in [0.3, 0.4) is 0 Å². The fourth-order valence-electron chi connectivity index (χ4n) is 6.66. The van der Waals surface area contributed by atoms with Gasteiger partial charge in [0.15, 0.2) is 5.78 Å². The van der Waals surface area contributed by atoms with Crippen molar-refractivity contribution in [3.63, 3.8) is 0 Å². The lowest BCUT2D eigenvalue weighted by molar-refractivity contribution is -0.143. The molecule has 2 aromatic carbocycles. The van der Waals surface area contributed by atoms with Gasteiger partial charge in [-0.2, -0.15) is 0 Å². The van der Waals surface area contributed by atoms with Crippen LogP contribution in [0.2, 0.25) is 0 Å². The third-order valence-corrected chi connectivity index (χ3v) is 8.01. The Morgan fingerprint density at radius 3 is 2.50 bits per heavy atom. The van der Waals surface area contributed by atoms with Crippen LogP contribution in [0, 0.1) is 11.8 Å². The maximum absolute atomic E-state index is 14.4. The van der Waals surface area contributed by atoms with Gasteiger partial charge in [0.1, 0.15) is 5.54 Å². The summed E-state index contributed by atoms with van der Waals surface area (Å²) in [7, 11) is 0. The smallest absolute Gasteiger partial charge is 0.308 e. The van der Waals surface area contributed by atoms with Gasteiger partial charge in [-0.05, 0) is 31.9 Å². The molecule has 1 N–H and O–H groups in total. The summed E-state index contributed by atoms with van der Waals surface area (Å²) < 4.78 is 0. The summed E-state index contributed by atoms with van der Waals surface area (Å²) in [6.45, 7) is 3.36. The molecule has 3 aliphatic rings. The van der Waals surface area contributed by atoms with Crippen LogP contribution in [0.15, 0.2) is 54.6 Å². The van der Waals surface area contributed by atoms with Crippen molar-refractivity contribution >= 4 is 23.3 Å². The van der Waals surface area contributed by atoms with E-state index in [4.69, 9.17) is 0 Å². The van der Waals surface area contributed by atoms with E-state index in [1.54, 1.807) is 24.3 Å².